The molecule has 3 heteroatoms. The molecule has 60 valence electrons. The SMILES string of the molecule is CC(C)N1CCC(N)(O)C1. The lowest BCUT2D eigenvalue weighted by atomic mass is 10.2. The molecule has 0 radical (unpaired) electrons. The van der Waals surface area contributed by atoms with E-state index in [1.807, 2.05) is 0 Å². The van der Waals surface area contributed by atoms with Gasteiger partial charge in [-0.3, -0.25) is 4.90 Å². The summed E-state index contributed by atoms with van der Waals surface area (Å²) < 4.78 is 0. The van der Waals surface area contributed by atoms with E-state index in [1.54, 1.807) is 0 Å². The van der Waals surface area contributed by atoms with Crippen molar-refractivity contribution < 1.29 is 5.11 Å². The predicted molar refractivity (Wildman–Crippen MR) is 40.5 cm³/mol. The van der Waals surface area contributed by atoms with Crippen molar-refractivity contribution in [3.8, 4) is 0 Å². The third-order valence-electron chi connectivity index (χ3n) is 2.04. The molecule has 0 saturated carbocycles. The Morgan fingerprint density at radius 3 is 2.40 bits per heavy atom. The quantitative estimate of drug-likeness (QED) is 0.499. The maximum atomic E-state index is 9.35. The lowest BCUT2D eigenvalue weighted by molar-refractivity contribution is 0.0523. The maximum absolute atomic E-state index is 9.35. The molecule has 1 aliphatic rings. The zero-order valence-electron chi connectivity index (χ0n) is 6.67. The first-order valence-corrected chi connectivity index (χ1v) is 3.76. The van der Waals surface area contributed by atoms with Crippen LogP contribution in [-0.2, 0) is 0 Å². The summed E-state index contributed by atoms with van der Waals surface area (Å²) in [6, 6.07) is 0.498. The molecule has 1 aliphatic heterocycles. The summed E-state index contributed by atoms with van der Waals surface area (Å²) in [5, 5.41) is 9.35. The largest absolute Gasteiger partial charge is 0.375 e. The Morgan fingerprint density at radius 1 is 1.60 bits per heavy atom. The summed E-state index contributed by atoms with van der Waals surface area (Å²) in [5.41, 5.74) is 4.59. The van der Waals surface area contributed by atoms with Gasteiger partial charge >= 0.3 is 0 Å². The highest BCUT2D eigenvalue weighted by atomic mass is 16.3. The molecule has 10 heavy (non-hydrogen) atoms. The minimum Gasteiger partial charge on any atom is -0.375 e. The first kappa shape index (κ1) is 7.98. The van der Waals surface area contributed by atoms with E-state index in [-0.39, 0.29) is 0 Å². The van der Waals surface area contributed by atoms with Crippen LogP contribution in [0.15, 0.2) is 0 Å². The van der Waals surface area contributed by atoms with Crippen LogP contribution in [0.2, 0.25) is 0 Å². The maximum Gasteiger partial charge on any atom is 0.127 e. The van der Waals surface area contributed by atoms with Gasteiger partial charge in [-0.15, -0.1) is 0 Å². The van der Waals surface area contributed by atoms with Gasteiger partial charge in [0, 0.05) is 25.6 Å². The number of likely N-dealkylation sites (tertiary alicyclic amines) is 1. The van der Waals surface area contributed by atoms with E-state index in [9.17, 15) is 5.11 Å². The lowest BCUT2D eigenvalue weighted by Gasteiger charge is -2.21. The average Bonchev–Trinajstić information content (AvgIpc) is 2.10. The second-order valence-corrected chi connectivity index (χ2v) is 3.42. The average molecular weight is 144 g/mol. The van der Waals surface area contributed by atoms with Gasteiger partial charge in [0.15, 0.2) is 0 Å². The van der Waals surface area contributed by atoms with E-state index in [0.29, 0.717) is 19.0 Å². The fourth-order valence-corrected chi connectivity index (χ4v) is 1.29. The minimum atomic E-state index is -0.926. The second kappa shape index (κ2) is 2.49. The van der Waals surface area contributed by atoms with Gasteiger partial charge in [-0.1, -0.05) is 0 Å². The van der Waals surface area contributed by atoms with Gasteiger partial charge in [-0.05, 0) is 13.8 Å². The normalized spacial score (nSPS) is 35.7. The standard InChI is InChI=1S/C7H16N2O/c1-6(2)9-4-3-7(8,10)5-9/h6,10H,3-5,8H2,1-2H3. The fraction of sp³-hybridized carbons (Fsp3) is 1.00. The number of nitrogens with two attached hydrogens (primary N) is 1. The Labute approximate surface area is 61.8 Å². The monoisotopic (exact) mass is 144 g/mol. The van der Waals surface area contributed by atoms with Gasteiger partial charge in [0.1, 0.15) is 5.72 Å². The highest BCUT2D eigenvalue weighted by Gasteiger charge is 2.32. The van der Waals surface area contributed by atoms with Crippen LogP contribution in [0.4, 0.5) is 0 Å². The van der Waals surface area contributed by atoms with Crippen LogP contribution in [0.1, 0.15) is 20.3 Å². The number of β-amino-alcohol motifs (C(OH)–C–C–N with tert-alkyl or cyclic N) is 1. The molecule has 1 fully saturated rings. The Kier molecular flexibility index (Phi) is 1.99. The van der Waals surface area contributed by atoms with Crippen LogP contribution in [0.5, 0.6) is 0 Å². The van der Waals surface area contributed by atoms with Crippen LogP contribution in [-0.4, -0.2) is 34.9 Å². The molecule has 1 saturated heterocycles. The molecule has 0 aromatic carbocycles. The van der Waals surface area contributed by atoms with Gasteiger partial charge in [0.25, 0.3) is 0 Å². The Bertz CT molecular complexity index is 123. The third-order valence-corrected chi connectivity index (χ3v) is 2.04. The van der Waals surface area contributed by atoms with E-state index in [4.69, 9.17) is 5.73 Å². The molecule has 1 heterocycles. The molecule has 1 atom stereocenters. The highest BCUT2D eigenvalue weighted by molar-refractivity contribution is 4.85. The van der Waals surface area contributed by atoms with Crippen molar-refractivity contribution >= 4 is 0 Å². The molecular weight excluding hydrogens is 128 g/mol. The summed E-state index contributed by atoms with van der Waals surface area (Å²) in [4.78, 5) is 2.18. The number of aliphatic hydroxyl groups is 1. The van der Waals surface area contributed by atoms with Crippen LogP contribution >= 0.6 is 0 Å². The van der Waals surface area contributed by atoms with E-state index < -0.39 is 5.72 Å². The van der Waals surface area contributed by atoms with Crippen molar-refractivity contribution in [1.29, 1.82) is 0 Å². The van der Waals surface area contributed by atoms with Gasteiger partial charge < -0.3 is 10.8 Å². The molecule has 1 rings (SSSR count). The zero-order chi connectivity index (χ0) is 7.78. The number of nitrogens with zero attached hydrogens (tertiary/aromatic N) is 1. The molecule has 0 spiro atoms. The number of rotatable bonds is 1. The van der Waals surface area contributed by atoms with Gasteiger partial charge in [-0.25, -0.2) is 0 Å². The molecule has 1 unspecified atom stereocenters. The minimum absolute atomic E-state index is 0.498. The first-order chi connectivity index (χ1) is 4.51. The van der Waals surface area contributed by atoms with Crippen molar-refractivity contribution in [2.45, 2.75) is 32.0 Å². The van der Waals surface area contributed by atoms with Crippen LogP contribution in [0.25, 0.3) is 0 Å². The molecule has 0 amide bonds. The lowest BCUT2D eigenvalue weighted by Crippen LogP contribution is -2.43. The molecule has 3 N–H and O–H groups in total. The van der Waals surface area contributed by atoms with Crippen molar-refractivity contribution in [1.82, 2.24) is 4.90 Å². The molecule has 0 aromatic rings. The van der Waals surface area contributed by atoms with Gasteiger partial charge in [0.2, 0.25) is 0 Å². The van der Waals surface area contributed by atoms with E-state index in [2.05, 4.69) is 18.7 Å². The van der Waals surface area contributed by atoms with Crippen LogP contribution in [0, 0.1) is 0 Å². The summed E-state index contributed by atoms with van der Waals surface area (Å²) in [5.74, 6) is 0. The summed E-state index contributed by atoms with van der Waals surface area (Å²) in [7, 11) is 0. The number of hydrogen-bond donors (Lipinski definition) is 2. The van der Waals surface area contributed by atoms with Crippen molar-refractivity contribution in [2.24, 2.45) is 5.73 Å². The molecule has 0 bridgehead atoms. The molecule has 0 aromatic heterocycles. The Balaban J connectivity index is 2.43. The summed E-state index contributed by atoms with van der Waals surface area (Å²) in [6.45, 7) is 5.76. The van der Waals surface area contributed by atoms with Gasteiger partial charge in [-0.2, -0.15) is 0 Å². The Hall–Kier alpha value is -0.120. The topological polar surface area (TPSA) is 49.5 Å². The van der Waals surface area contributed by atoms with Gasteiger partial charge in [0.05, 0.1) is 0 Å². The van der Waals surface area contributed by atoms with Crippen LogP contribution in [0.3, 0.4) is 0 Å². The van der Waals surface area contributed by atoms with Crippen molar-refractivity contribution in [2.75, 3.05) is 13.1 Å². The predicted octanol–water partition coefficient (Wildman–Crippen LogP) is -0.252. The third kappa shape index (κ3) is 1.68. The summed E-state index contributed by atoms with van der Waals surface area (Å²) in [6.07, 6.45) is 0.700. The van der Waals surface area contributed by atoms with Crippen LogP contribution < -0.4 is 5.73 Å². The second-order valence-electron chi connectivity index (χ2n) is 3.42. The summed E-state index contributed by atoms with van der Waals surface area (Å²) >= 11 is 0. The Morgan fingerprint density at radius 2 is 2.20 bits per heavy atom. The van der Waals surface area contributed by atoms with Crippen molar-refractivity contribution in [3.63, 3.8) is 0 Å². The zero-order valence-corrected chi connectivity index (χ0v) is 6.67. The van der Waals surface area contributed by atoms with E-state index >= 15 is 0 Å². The first-order valence-electron chi connectivity index (χ1n) is 3.76. The molecular formula is C7H16N2O. The molecule has 0 aliphatic carbocycles. The van der Waals surface area contributed by atoms with Crippen molar-refractivity contribution in [3.05, 3.63) is 0 Å². The highest BCUT2D eigenvalue weighted by Crippen LogP contribution is 2.17. The fourth-order valence-electron chi connectivity index (χ4n) is 1.29. The molecule has 3 nitrogen and oxygen atoms in total. The smallest absolute Gasteiger partial charge is 0.127 e. The van der Waals surface area contributed by atoms with E-state index in [0.717, 1.165) is 6.54 Å². The number of hydrogen-bond acceptors (Lipinski definition) is 3. The van der Waals surface area contributed by atoms with E-state index in [1.165, 1.54) is 0 Å².